The molecule has 0 heterocycles. The molecule has 0 aromatic rings. The molecule has 0 radical (unpaired) electrons. The third kappa shape index (κ3) is 9.06. The molecule has 0 aromatic carbocycles. The maximum Gasteiger partial charge on any atom is 0.353 e. The number of aliphatic hydroxyl groups is 1. The minimum absolute atomic E-state index is 0.206. The average Bonchev–Trinajstić information content (AvgIpc) is 2.14. The molecule has 0 bridgehead atoms. The Bertz CT molecular complexity index is 190. The van der Waals surface area contributed by atoms with Crippen LogP contribution in [0.3, 0.4) is 0 Å². The summed E-state index contributed by atoms with van der Waals surface area (Å²) in [4.78, 5) is 17.2. The Labute approximate surface area is 91.9 Å². The predicted molar refractivity (Wildman–Crippen MR) is 60.7 cm³/mol. The van der Waals surface area contributed by atoms with Crippen molar-refractivity contribution < 1.29 is 19.5 Å². The van der Waals surface area contributed by atoms with Crippen molar-refractivity contribution in [2.75, 3.05) is 0 Å². The van der Waals surface area contributed by atoms with E-state index in [4.69, 9.17) is 14.9 Å². The standard InChI is InChI=1S/C10H23O4P/c1-2-3-4-5-6-7-8-9-10(11)15(12,13)14/h10-11H,2-9H2,1H3,(H2,12,13,14). The highest BCUT2D eigenvalue weighted by Crippen LogP contribution is 2.41. The molecular weight excluding hydrogens is 215 g/mol. The lowest BCUT2D eigenvalue weighted by atomic mass is 10.1. The second kappa shape index (κ2) is 8.28. The lowest BCUT2D eigenvalue weighted by Crippen LogP contribution is -2.06. The molecule has 0 aromatic heterocycles. The van der Waals surface area contributed by atoms with Crippen molar-refractivity contribution in [3.05, 3.63) is 0 Å². The largest absolute Gasteiger partial charge is 0.380 e. The summed E-state index contributed by atoms with van der Waals surface area (Å²) >= 11 is 0. The van der Waals surface area contributed by atoms with Gasteiger partial charge in [0.1, 0.15) is 0 Å². The number of rotatable bonds is 9. The van der Waals surface area contributed by atoms with Crippen LogP contribution in [0.15, 0.2) is 0 Å². The Morgan fingerprint density at radius 2 is 1.47 bits per heavy atom. The summed E-state index contributed by atoms with van der Waals surface area (Å²) in [5.74, 6) is -1.46. The summed E-state index contributed by atoms with van der Waals surface area (Å²) in [6, 6.07) is 0. The smallest absolute Gasteiger partial charge is 0.353 e. The number of aliphatic hydroxyl groups excluding tert-OH is 1. The third-order valence-corrected chi connectivity index (χ3v) is 3.49. The van der Waals surface area contributed by atoms with E-state index in [2.05, 4.69) is 6.92 Å². The minimum atomic E-state index is -4.27. The van der Waals surface area contributed by atoms with E-state index in [9.17, 15) is 4.57 Å². The molecule has 15 heavy (non-hydrogen) atoms. The number of hydrogen-bond donors (Lipinski definition) is 3. The van der Waals surface area contributed by atoms with Crippen LogP contribution in [-0.2, 0) is 4.57 Å². The molecule has 0 amide bonds. The monoisotopic (exact) mass is 238 g/mol. The van der Waals surface area contributed by atoms with Gasteiger partial charge in [-0.25, -0.2) is 0 Å². The SMILES string of the molecule is CCCCCCCCCC(O)P(=O)(O)O. The van der Waals surface area contributed by atoms with Gasteiger partial charge in [0.2, 0.25) is 0 Å². The van der Waals surface area contributed by atoms with Gasteiger partial charge in [-0.2, -0.15) is 0 Å². The van der Waals surface area contributed by atoms with Gasteiger partial charge >= 0.3 is 7.60 Å². The molecule has 0 rings (SSSR count). The Balaban J connectivity index is 3.28. The molecule has 4 nitrogen and oxygen atoms in total. The lowest BCUT2D eigenvalue weighted by Gasteiger charge is -2.11. The van der Waals surface area contributed by atoms with Gasteiger partial charge in [0.05, 0.1) is 0 Å². The summed E-state index contributed by atoms with van der Waals surface area (Å²) in [6.07, 6.45) is 7.82. The highest BCUT2D eigenvalue weighted by Gasteiger charge is 2.24. The summed E-state index contributed by atoms with van der Waals surface area (Å²) in [5, 5.41) is 9.06. The Morgan fingerprint density at radius 3 is 1.93 bits per heavy atom. The van der Waals surface area contributed by atoms with Gasteiger partial charge < -0.3 is 14.9 Å². The van der Waals surface area contributed by atoms with Crippen molar-refractivity contribution in [2.24, 2.45) is 0 Å². The molecular formula is C10H23O4P. The first-order valence-corrected chi connectivity index (χ1v) is 7.40. The minimum Gasteiger partial charge on any atom is -0.380 e. The highest BCUT2D eigenvalue weighted by molar-refractivity contribution is 7.52. The van der Waals surface area contributed by atoms with Gasteiger partial charge in [0, 0.05) is 0 Å². The van der Waals surface area contributed by atoms with Crippen LogP contribution in [0.4, 0.5) is 0 Å². The van der Waals surface area contributed by atoms with E-state index in [1.807, 2.05) is 0 Å². The molecule has 1 atom stereocenters. The first-order valence-electron chi connectivity index (χ1n) is 5.71. The predicted octanol–water partition coefficient (Wildman–Crippen LogP) is 2.62. The van der Waals surface area contributed by atoms with Crippen LogP contribution in [0.5, 0.6) is 0 Å². The maximum atomic E-state index is 10.6. The molecule has 0 fully saturated rings. The van der Waals surface area contributed by atoms with Crippen molar-refractivity contribution in [2.45, 2.75) is 64.1 Å². The van der Waals surface area contributed by atoms with Gasteiger partial charge in [0.25, 0.3) is 0 Å². The van der Waals surface area contributed by atoms with Crippen LogP contribution in [0.25, 0.3) is 0 Å². The van der Waals surface area contributed by atoms with E-state index in [0.29, 0.717) is 6.42 Å². The van der Waals surface area contributed by atoms with Crippen molar-refractivity contribution in [1.82, 2.24) is 0 Å². The summed E-state index contributed by atoms with van der Waals surface area (Å²) in [5.41, 5.74) is 0. The van der Waals surface area contributed by atoms with E-state index in [1.165, 1.54) is 25.7 Å². The molecule has 1 unspecified atom stereocenters. The van der Waals surface area contributed by atoms with Crippen LogP contribution in [0, 0.1) is 0 Å². The molecule has 0 aliphatic rings. The Kier molecular flexibility index (Phi) is 8.34. The fraction of sp³-hybridized carbons (Fsp3) is 1.00. The fourth-order valence-corrected chi connectivity index (χ4v) is 1.97. The van der Waals surface area contributed by atoms with Crippen LogP contribution >= 0.6 is 7.60 Å². The zero-order valence-electron chi connectivity index (χ0n) is 9.43. The van der Waals surface area contributed by atoms with Crippen LogP contribution in [-0.4, -0.2) is 20.7 Å². The van der Waals surface area contributed by atoms with Crippen LogP contribution in [0.1, 0.15) is 58.3 Å². The molecule has 92 valence electrons. The summed E-state index contributed by atoms with van der Waals surface area (Å²) in [7, 11) is -4.27. The van der Waals surface area contributed by atoms with Crippen LogP contribution in [0.2, 0.25) is 0 Å². The second-order valence-electron chi connectivity index (χ2n) is 3.98. The quantitative estimate of drug-likeness (QED) is 0.426. The van der Waals surface area contributed by atoms with E-state index in [1.54, 1.807) is 0 Å². The normalized spacial score (nSPS) is 14.1. The zero-order valence-corrected chi connectivity index (χ0v) is 10.3. The van der Waals surface area contributed by atoms with Crippen molar-refractivity contribution in [3.63, 3.8) is 0 Å². The molecule has 5 heteroatoms. The van der Waals surface area contributed by atoms with E-state index in [-0.39, 0.29) is 6.42 Å². The van der Waals surface area contributed by atoms with Gasteiger partial charge in [0.15, 0.2) is 5.85 Å². The second-order valence-corrected chi connectivity index (χ2v) is 5.75. The highest BCUT2D eigenvalue weighted by atomic mass is 31.2. The first-order chi connectivity index (χ1) is 6.98. The average molecular weight is 238 g/mol. The number of hydrogen-bond acceptors (Lipinski definition) is 2. The van der Waals surface area contributed by atoms with Crippen molar-refractivity contribution in [3.8, 4) is 0 Å². The molecule has 0 saturated heterocycles. The molecule has 0 aliphatic carbocycles. The van der Waals surface area contributed by atoms with E-state index >= 15 is 0 Å². The van der Waals surface area contributed by atoms with Crippen molar-refractivity contribution in [1.29, 1.82) is 0 Å². The first kappa shape index (κ1) is 15.1. The van der Waals surface area contributed by atoms with Gasteiger partial charge in [-0.15, -0.1) is 0 Å². The molecule has 3 N–H and O–H groups in total. The van der Waals surface area contributed by atoms with Gasteiger partial charge in [-0.1, -0.05) is 51.9 Å². The van der Waals surface area contributed by atoms with E-state index < -0.39 is 13.4 Å². The number of unbranched alkanes of at least 4 members (excludes halogenated alkanes) is 6. The third-order valence-electron chi connectivity index (χ3n) is 2.45. The zero-order chi connectivity index (χ0) is 11.7. The summed E-state index contributed by atoms with van der Waals surface area (Å²) in [6.45, 7) is 2.16. The topological polar surface area (TPSA) is 77.8 Å². The summed E-state index contributed by atoms with van der Waals surface area (Å²) < 4.78 is 10.6. The van der Waals surface area contributed by atoms with Gasteiger partial charge in [-0.3, -0.25) is 4.57 Å². The van der Waals surface area contributed by atoms with Crippen LogP contribution < -0.4 is 0 Å². The van der Waals surface area contributed by atoms with Gasteiger partial charge in [-0.05, 0) is 6.42 Å². The Morgan fingerprint density at radius 1 is 1.00 bits per heavy atom. The Hall–Kier alpha value is 0.110. The fourth-order valence-electron chi connectivity index (χ4n) is 1.45. The molecule has 0 aliphatic heterocycles. The maximum absolute atomic E-state index is 10.6. The lowest BCUT2D eigenvalue weighted by molar-refractivity contribution is 0.190. The van der Waals surface area contributed by atoms with Crippen molar-refractivity contribution >= 4 is 7.60 Å². The van der Waals surface area contributed by atoms with E-state index in [0.717, 1.165) is 12.8 Å². The molecule has 0 saturated carbocycles. The molecule has 0 spiro atoms.